The molecule has 0 amide bonds. The molecule has 0 aromatic heterocycles. The highest BCUT2D eigenvalue weighted by atomic mass is 19.4. The predicted octanol–water partition coefficient (Wildman–Crippen LogP) is 5.55. The van der Waals surface area contributed by atoms with Crippen molar-refractivity contribution < 1.29 is 22.7 Å². The number of alkyl halides is 3. The van der Waals surface area contributed by atoms with Crippen molar-refractivity contribution in [1.29, 1.82) is 5.26 Å². The SMILES string of the molecule is N#Cc1ccc(OC(=O)c2ccc(N=Cc3ccc(C(F)(F)F)cc3)cc2)cc1. The Morgan fingerprint density at radius 2 is 1.55 bits per heavy atom. The van der Waals surface area contributed by atoms with Crippen LogP contribution in [0.15, 0.2) is 77.8 Å². The second-order valence-corrected chi connectivity index (χ2v) is 5.95. The average Bonchev–Trinajstić information content (AvgIpc) is 2.73. The Morgan fingerprint density at radius 3 is 2.10 bits per heavy atom. The number of carbonyl (C=O) groups is 1. The number of carbonyl (C=O) groups excluding carboxylic acids is 1. The van der Waals surface area contributed by atoms with Gasteiger partial charge in [-0.2, -0.15) is 18.4 Å². The molecule has 3 aromatic carbocycles. The number of hydrogen-bond acceptors (Lipinski definition) is 4. The first kappa shape index (κ1) is 19.8. The van der Waals surface area contributed by atoms with Crippen LogP contribution in [0.25, 0.3) is 0 Å². The van der Waals surface area contributed by atoms with E-state index in [0.29, 0.717) is 28.1 Å². The van der Waals surface area contributed by atoms with E-state index in [0.717, 1.165) is 12.1 Å². The van der Waals surface area contributed by atoms with E-state index in [9.17, 15) is 18.0 Å². The van der Waals surface area contributed by atoms with E-state index in [1.807, 2.05) is 6.07 Å². The normalized spacial score (nSPS) is 11.2. The van der Waals surface area contributed by atoms with E-state index < -0.39 is 17.7 Å². The molecule has 7 heteroatoms. The van der Waals surface area contributed by atoms with Crippen molar-refractivity contribution in [3.63, 3.8) is 0 Å². The zero-order valence-electron chi connectivity index (χ0n) is 14.9. The van der Waals surface area contributed by atoms with E-state index in [4.69, 9.17) is 10.00 Å². The molecule has 0 radical (unpaired) electrons. The number of aliphatic imine (C=N–C) groups is 1. The third-order valence-electron chi connectivity index (χ3n) is 3.90. The van der Waals surface area contributed by atoms with Crippen LogP contribution in [0.1, 0.15) is 27.0 Å². The second-order valence-electron chi connectivity index (χ2n) is 5.95. The lowest BCUT2D eigenvalue weighted by molar-refractivity contribution is -0.137. The lowest BCUT2D eigenvalue weighted by atomic mass is 10.1. The highest BCUT2D eigenvalue weighted by Gasteiger charge is 2.29. The minimum Gasteiger partial charge on any atom is -0.423 e. The van der Waals surface area contributed by atoms with Crippen molar-refractivity contribution >= 4 is 17.9 Å². The number of halogens is 3. The van der Waals surface area contributed by atoms with Crippen LogP contribution in [0, 0.1) is 11.3 Å². The summed E-state index contributed by atoms with van der Waals surface area (Å²) in [5.74, 6) is -0.244. The van der Waals surface area contributed by atoms with Crippen LogP contribution in [-0.4, -0.2) is 12.2 Å². The molecule has 0 aliphatic heterocycles. The van der Waals surface area contributed by atoms with E-state index in [-0.39, 0.29) is 0 Å². The maximum atomic E-state index is 12.6. The molecule has 0 aliphatic rings. The fraction of sp³-hybridized carbons (Fsp3) is 0.0455. The third-order valence-corrected chi connectivity index (χ3v) is 3.90. The number of nitriles is 1. The first-order chi connectivity index (χ1) is 13.8. The van der Waals surface area contributed by atoms with Crippen molar-refractivity contribution in [1.82, 2.24) is 0 Å². The Balaban J connectivity index is 1.64. The van der Waals surface area contributed by atoms with Gasteiger partial charge in [-0.15, -0.1) is 0 Å². The zero-order chi connectivity index (χ0) is 20.9. The molecule has 0 fully saturated rings. The van der Waals surface area contributed by atoms with Crippen LogP contribution in [0.3, 0.4) is 0 Å². The smallest absolute Gasteiger partial charge is 0.416 e. The average molecular weight is 394 g/mol. The molecule has 0 spiro atoms. The first-order valence-electron chi connectivity index (χ1n) is 8.39. The topological polar surface area (TPSA) is 62.4 Å². The van der Waals surface area contributed by atoms with Gasteiger partial charge in [0.2, 0.25) is 0 Å². The molecule has 0 atom stereocenters. The molecule has 29 heavy (non-hydrogen) atoms. The first-order valence-corrected chi connectivity index (χ1v) is 8.39. The third kappa shape index (κ3) is 5.30. The highest BCUT2D eigenvalue weighted by molar-refractivity contribution is 5.91. The molecule has 0 aliphatic carbocycles. The van der Waals surface area contributed by atoms with Crippen molar-refractivity contribution in [3.8, 4) is 11.8 Å². The van der Waals surface area contributed by atoms with Crippen molar-refractivity contribution in [2.24, 2.45) is 4.99 Å². The van der Waals surface area contributed by atoms with Gasteiger partial charge in [-0.25, -0.2) is 4.79 Å². The van der Waals surface area contributed by atoms with E-state index in [1.165, 1.54) is 42.6 Å². The summed E-state index contributed by atoms with van der Waals surface area (Å²) in [7, 11) is 0. The molecular formula is C22H13F3N2O2. The molecule has 0 heterocycles. The van der Waals surface area contributed by atoms with Gasteiger partial charge in [0.05, 0.1) is 28.4 Å². The summed E-state index contributed by atoms with van der Waals surface area (Å²) in [6.45, 7) is 0. The largest absolute Gasteiger partial charge is 0.423 e. The van der Waals surface area contributed by atoms with Gasteiger partial charge < -0.3 is 4.74 Å². The van der Waals surface area contributed by atoms with Gasteiger partial charge in [0.25, 0.3) is 0 Å². The number of hydrogen-bond donors (Lipinski definition) is 0. The Labute approximate surface area is 164 Å². The summed E-state index contributed by atoms with van der Waals surface area (Å²) >= 11 is 0. The molecule has 144 valence electrons. The summed E-state index contributed by atoms with van der Waals surface area (Å²) in [5.41, 5.74) is 1.09. The van der Waals surface area contributed by atoms with Crippen LogP contribution in [0.4, 0.5) is 18.9 Å². The zero-order valence-corrected chi connectivity index (χ0v) is 14.9. The Morgan fingerprint density at radius 1 is 0.931 bits per heavy atom. The molecule has 3 aromatic rings. The Kier molecular flexibility index (Phi) is 5.74. The molecular weight excluding hydrogens is 381 g/mol. The summed E-state index contributed by atoms with van der Waals surface area (Å²) in [6, 6.07) is 19.0. The number of rotatable bonds is 4. The molecule has 0 N–H and O–H groups in total. The highest BCUT2D eigenvalue weighted by Crippen LogP contribution is 2.29. The Hall–Kier alpha value is -3.92. The number of nitrogens with zero attached hydrogens (tertiary/aromatic N) is 2. The standard InChI is InChI=1S/C22H13F3N2O2/c23-22(24,25)18-7-1-16(2-8-18)14-27-19-9-5-17(6-10-19)21(28)29-20-11-3-15(13-26)4-12-20/h1-12,14H. The fourth-order valence-electron chi connectivity index (χ4n) is 2.35. The molecule has 0 saturated heterocycles. The second kappa shape index (κ2) is 8.40. The number of esters is 1. The van der Waals surface area contributed by atoms with Gasteiger partial charge in [-0.3, -0.25) is 4.99 Å². The van der Waals surface area contributed by atoms with Gasteiger partial charge in [0, 0.05) is 6.21 Å². The van der Waals surface area contributed by atoms with Gasteiger partial charge in [-0.1, -0.05) is 12.1 Å². The van der Waals surface area contributed by atoms with Crippen molar-refractivity contribution in [2.75, 3.05) is 0 Å². The van der Waals surface area contributed by atoms with Crippen LogP contribution >= 0.6 is 0 Å². The summed E-state index contributed by atoms with van der Waals surface area (Å²) in [4.78, 5) is 16.3. The molecule has 4 nitrogen and oxygen atoms in total. The minimum atomic E-state index is -4.38. The number of benzene rings is 3. The fourth-order valence-corrected chi connectivity index (χ4v) is 2.35. The lowest BCUT2D eigenvalue weighted by Crippen LogP contribution is -2.08. The van der Waals surface area contributed by atoms with Crippen LogP contribution < -0.4 is 4.74 Å². The van der Waals surface area contributed by atoms with Crippen LogP contribution in [-0.2, 0) is 6.18 Å². The van der Waals surface area contributed by atoms with Crippen molar-refractivity contribution in [3.05, 3.63) is 95.1 Å². The van der Waals surface area contributed by atoms with Gasteiger partial charge in [0.15, 0.2) is 0 Å². The van der Waals surface area contributed by atoms with Crippen LogP contribution in [0.2, 0.25) is 0 Å². The van der Waals surface area contributed by atoms with Gasteiger partial charge >= 0.3 is 12.1 Å². The monoisotopic (exact) mass is 394 g/mol. The van der Waals surface area contributed by atoms with Gasteiger partial charge in [-0.05, 0) is 66.2 Å². The quantitative estimate of drug-likeness (QED) is 0.331. The molecule has 3 rings (SSSR count). The molecule has 0 unspecified atom stereocenters. The maximum Gasteiger partial charge on any atom is 0.416 e. The van der Waals surface area contributed by atoms with Crippen molar-refractivity contribution in [2.45, 2.75) is 6.18 Å². The minimum absolute atomic E-state index is 0.308. The van der Waals surface area contributed by atoms with E-state index in [1.54, 1.807) is 24.3 Å². The van der Waals surface area contributed by atoms with Crippen LogP contribution in [0.5, 0.6) is 5.75 Å². The summed E-state index contributed by atoms with van der Waals surface area (Å²) in [5, 5.41) is 8.76. The van der Waals surface area contributed by atoms with E-state index >= 15 is 0 Å². The molecule has 0 bridgehead atoms. The molecule has 0 saturated carbocycles. The van der Waals surface area contributed by atoms with E-state index in [2.05, 4.69) is 4.99 Å². The lowest BCUT2D eigenvalue weighted by Gasteiger charge is -2.06. The summed E-state index contributed by atoms with van der Waals surface area (Å²) in [6.07, 6.45) is -2.94. The Bertz CT molecular complexity index is 1060. The predicted molar refractivity (Wildman–Crippen MR) is 101 cm³/mol. The van der Waals surface area contributed by atoms with Gasteiger partial charge in [0.1, 0.15) is 5.75 Å². The summed E-state index contributed by atoms with van der Waals surface area (Å²) < 4.78 is 42.9. The number of ether oxygens (including phenoxy) is 1. The maximum absolute atomic E-state index is 12.6.